The lowest BCUT2D eigenvalue weighted by Crippen LogP contribution is -2.43. The van der Waals surface area contributed by atoms with Crippen molar-refractivity contribution in [1.82, 2.24) is 10.3 Å². The summed E-state index contributed by atoms with van der Waals surface area (Å²) < 4.78 is 0. The van der Waals surface area contributed by atoms with E-state index in [9.17, 15) is 0 Å². The molecule has 5 heteroatoms. The molecule has 0 bridgehead atoms. The van der Waals surface area contributed by atoms with E-state index in [0.29, 0.717) is 0 Å². The number of halogens is 2. The summed E-state index contributed by atoms with van der Waals surface area (Å²) in [5.74, 6) is 0. The average molecular weight is 360 g/mol. The third-order valence-electron chi connectivity index (χ3n) is 4.28. The van der Waals surface area contributed by atoms with Crippen LogP contribution in [0.2, 0.25) is 5.02 Å². The van der Waals surface area contributed by atoms with Crippen molar-refractivity contribution in [1.29, 1.82) is 0 Å². The quantitative estimate of drug-likeness (QED) is 0.735. The summed E-state index contributed by atoms with van der Waals surface area (Å²) in [6.45, 7) is 4.01. The summed E-state index contributed by atoms with van der Waals surface area (Å²) in [6.07, 6.45) is 0. The molecule has 2 heterocycles. The van der Waals surface area contributed by atoms with Crippen molar-refractivity contribution in [2.45, 2.75) is 0 Å². The van der Waals surface area contributed by atoms with Gasteiger partial charge < -0.3 is 10.2 Å². The van der Waals surface area contributed by atoms with Crippen LogP contribution in [0.4, 0.5) is 5.69 Å². The molecule has 0 amide bonds. The molecule has 3 nitrogen and oxygen atoms in total. The average Bonchev–Trinajstić information content (AvgIpc) is 2.62. The Balaban J connectivity index is 0.00000169. The van der Waals surface area contributed by atoms with Crippen LogP contribution in [0.3, 0.4) is 0 Å². The van der Waals surface area contributed by atoms with Crippen LogP contribution in [-0.4, -0.2) is 31.2 Å². The highest BCUT2D eigenvalue weighted by atomic mass is 35.5. The van der Waals surface area contributed by atoms with E-state index in [1.54, 1.807) is 0 Å². The van der Waals surface area contributed by atoms with E-state index in [1.807, 2.05) is 36.4 Å². The van der Waals surface area contributed by atoms with Crippen LogP contribution in [-0.2, 0) is 0 Å². The molecule has 0 unspecified atom stereocenters. The molecule has 1 aliphatic heterocycles. The van der Waals surface area contributed by atoms with Gasteiger partial charge in [-0.05, 0) is 24.3 Å². The smallest absolute Gasteiger partial charge is 0.0731 e. The Kier molecular flexibility index (Phi) is 5.24. The summed E-state index contributed by atoms with van der Waals surface area (Å²) >= 11 is 6.23. The van der Waals surface area contributed by atoms with Crippen molar-refractivity contribution in [2.24, 2.45) is 0 Å². The summed E-state index contributed by atoms with van der Waals surface area (Å²) in [5.41, 5.74) is 4.36. The second-order valence-corrected chi connectivity index (χ2v) is 6.23. The van der Waals surface area contributed by atoms with E-state index in [4.69, 9.17) is 16.6 Å². The standard InChI is InChI=1S/C19H18ClN3.ClH/c20-15-6-7-17-16(12-15)19(23-10-8-21-9-11-23)13-18(22-17)14-4-2-1-3-5-14;/h1-7,12-13,21H,8-11H2;1H. The van der Waals surface area contributed by atoms with Gasteiger partial charge in [-0.3, -0.25) is 0 Å². The molecule has 0 saturated carbocycles. The maximum absolute atomic E-state index is 6.23. The van der Waals surface area contributed by atoms with Crippen molar-refractivity contribution in [3.05, 3.63) is 59.6 Å². The Hall–Kier alpha value is -1.81. The zero-order valence-electron chi connectivity index (χ0n) is 13.2. The molecule has 0 spiro atoms. The van der Waals surface area contributed by atoms with Gasteiger partial charge in [-0.2, -0.15) is 0 Å². The second kappa shape index (κ2) is 7.39. The highest BCUT2D eigenvalue weighted by Gasteiger charge is 2.16. The van der Waals surface area contributed by atoms with Crippen molar-refractivity contribution in [3.8, 4) is 11.3 Å². The number of nitrogens with zero attached hydrogens (tertiary/aromatic N) is 2. The lowest BCUT2D eigenvalue weighted by Gasteiger charge is -2.30. The molecular formula is C19H19Cl2N3. The molecule has 1 aliphatic rings. The molecule has 1 fully saturated rings. The van der Waals surface area contributed by atoms with Gasteiger partial charge in [0.05, 0.1) is 11.2 Å². The van der Waals surface area contributed by atoms with Gasteiger partial charge >= 0.3 is 0 Å². The number of benzene rings is 2. The van der Waals surface area contributed by atoms with Gasteiger partial charge in [-0.1, -0.05) is 41.9 Å². The summed E-state index contributed by atoms with van der Waals surface area (Å²) in [6, 6.07) is 18.5. The molecule has 4 rings (SSSR count). The first-order valence-corrected chi connectivity index (χ1v) is 8.30. The van der Waals surface area contributed by atoms with Crippen LogP contribution < -0.4 is 10.2 Å². The number of pyridine rings is 1. The minimum Gasteiger partial charge on any atom is -0.368 e. The minimum absolute atomic E-state index is 0. The van der Waals surface area contributed by atoms with Crippen molar-refractivity contribution < 1.29 is 0 Å². The minimum atomic E-state index is 0. The monoisotopic (exact) mass is 359 g/mol. The Morgan fingerprint density at radius 3 is 2.46 bits per heavy atom. The number of piperazine rings is 1. The van der Waals surface area contributed by atoms with Gasteiger partial charge in [0.2, 0.25) is 0 Å². The van der Waals surface area contributed by atoms with Crippen LogP contribution in [0, 0.1) is 0 Å². The highest BCUT2D eigenvalue weighted by molar-refractivity contribution is 6.31. The van der Waals surface area contributed by atoms with Crippen LogP contribution >= 0.6 is 24.0 Å². The normalized spacial score (nSPS) is 14.5. The van der Waals surface area contributed by atoms with E-state index in [0.717, 1.165) is 53.4 Å². The maximum atomic E-state index is 6.23. The first kappa shape index (κ1) is 17.0. The van der Waals surface area contributed by atoms with Gasteiger partial charge in [-0.25, -0.2) is 4.98 Å². The zero-order valence-corrected chi connectivity index (χ0v) is 14.8. The van der Waals surface area contributed by atoms with Gasteiger partial charge in [-0.15, -0.1) is 12.4 Å². The van der Waals surface area contributed by atoms with Gasteiger partial charge in [0.15, 0.2) is 0 Å². The Morgan fingerprint density at radius 1 is 0.958 bits per heavy atom. The van der Waals surface area contributed by atoms with E-state index in [2.05, 4.69) is 28.4 Å². The molecule has 24 heavy (non-hydrogen) atoms. The Labute approximate surface area is 153 Å². The van der Waals surface area contributed by atoms with Crippen molar-refractivity contribution in [3.63, 3.8) is 0 Å². The first-order valence-electron chi connectivity index (χ1n) is 7.93. The highest BCUT2D eigenvalue weighted by Crippen LogP contribution is 2.32. The van der Waals surface area contributed by atoms with Crippen LogP contribution in [0.1, 0.15) is 0 Å². The molecule has 0 radical (unpaired) electrons. The lowest BCUT2D eigenvalue weighted by molar-refractivity contribution is 0.590. The fraction of sp³-hybridized carbons (Fsp3) is 0.211. The maximum Gasteiger partial charge on any atom is 0.0731 e. The van der Waals surface area contributed by atoms with Crippen LogP contribution in [0.5, 0.6) is 0 Å². The largest absolute Gasteiger partial charge is 0.368 e. The molecule has 124 valence electrons. The van der Waals surface area contributed by atoms with E-state index in [-0.39, 0.29) is 12.4 Å². The lowest BCUT2D eigenvalue weighted by atomic mass is 10.1. The van der Waals surface area contributed by atoms with E-state index >= 15 is 0 Å². The third kappa shape index (κ3) is 3.34. The van der Waals surface area contributed by atoms with Gasteiger partial charge in [0.1, 0.15) is 0 Å². The summed E-state index contributed by atoms with van der Waals surface area (Å²) in [4.78, 5) is 7.26. The predicted octanol–water partition coefficient (Wildman–Crippen LogP) is 4.39. The summed E-state index contributed by atoms with van der Waals surface area (Å²) in [7, 11) is 0. The molecular weight excluding hydrogens is 341 g/mol. The Morgan fingerprint density at radius 2 is 1.71 bits per heavy atom. The third-order valence-corrected chi connectivity index (χ3v) is 4.51. The van der Waals surface area contributed by atoms with Crippen LogP contribution in [0.25, 0.3) is 22.2 Å². The van der Waals surface area contributed by atoms with Crippen LogP contribution in [0.15, 0.2) is 54.6 Å². The number of hydrogen-bond donors (Lipinski definition) is 1. The van der Waals surface area contributed by atoms with E-state index in [1.165, 1.54) is 5.69 Å². The molecule has 2 aromatic carbocycles. The summed E-state index contributed by atoms with van der Waals surface area (Å²) in [5, 5.41) is 5.28. The van der Waals surface area contributed by atoms with E-state index < -0.39 is 0 Å². The van der Waals surface area contributed by atoms with Gasteiger partial charge in [0.25, 0.3) is 0 Å². The molecule has 3 aromatic rings. The van der Waals surface area contributed by atoms with Gasteiger partial charge in [0, 0.05) is 47.8 Å². The number of fused-ring (bicyclic) bond motifs is 1. The second-order valence-electron chi connectivity index (χ2n) is 5.79. The fourth-order valence-corrected chi connectivity index (χ4v) is 3.28. The number of anilines is 1. The Bertz CT molecular complexity index is 831. The number of hydrogen-bond acceptors (Lipinski definition) is 3. The molecule has 0 aliphatic carbocycles. The number of aromatic nitrogens is 1. The SMILES string of the molecule is Cl.Clc1ccc2nc(-c3ccccc3)cc(N3CCNCC3)c2c1. The zero-order chi connectivity index (χ0) is 15.6. The topological polar surface area (TPSA) is 28.2 Å². The predicted molar refractivity (Wildman–Crippen MR) is 105 cm³/mol. The first-order chi connectivity index (χ1) is 11.3. The van der Waals surface area contributed by atoms with Crippen molar-refractivity contribution in [2.75, 3.05) is 31.1 Å². The molecule has 1 N–H and O–H groups in total. The molecule has 1 aromatic heterocycles. The fourth-order valence-electron chi connectivity index (χ4n) is 3.10. The number of nitrogens with one attached hydrogen (secondary N) is 1. The number of rotatable bonds is 2. The van der Waals surface area contributed by atoms with Crippen molar-refractivity contribution >= 4 is 40.6 Å². The molecule has 0 atom stereocenters. The molecule has 1 saturated heterocycles.